The first kappa shape index (κ1) is 8.00. The van der Waals surface area contributed by atoms with Gasteiger partial charge in [0, 0.05) is 16.6 Å². The van der Waals surface area contributed by atoms with Crippen molar-refractivity contribution < 1.29 is 9.13 Å². The molecule has 0 fully saturated rings. The Hall–Kier alpha value is -1.35. The molecule has 0 radical (unpaired) electrons. The summed E-state index contributed by atoms with van der Waals surface area (Å²) < 4.78 is 18.4. The molecule has 1 N–H and O–H groups in total. The number of hydrogen-bond acceptors (Lipinski definition) is 1. The molecule has 2 heterocycles. The maximum Gasteiger partial charge on any atom is 0.123 e. The van der Waals surface area contributed by atoms with Crippen molar-refractivity contribution >= 4 is 10.9 Å². The minimum atomic E-state index is -0.175. The van der Waals surface area contributed by atoms with Crippen molar-refractivity contribution in [2.75, 3.05) is 6.61 Å². The Morgan fingerprint density at radius 3 is 3.21 bits per heavy atom. The van der Waals surface area contributed by atoms with E-state index in [1.165, 1.54) is 11.6 Å². The molecule has 1 aromatic heterocycles. The van der Waals surface area contributed by atoms with Crippen LogP contribution in [0, 0.1) is 5.82 Å². The number of H-pyrrole nitrogens is 1. The molecule has 1 aliphatic rings. The molecule has 1 aliphatic heterocycles. The zero-order valence-corrected chi connectivity index (χ0v) is 7.64. The number of halogens is 1. The van der Waals surface area contributed by atoms with E-state index >= 15 is 0 Å². The van der Waals surface area contributed by atoms with Gasteiger partial charge >= 0.3 is 0 Å². The summed E-state index contributed by atoms with van der Waals surface area (Å²) in [5, 5.41) is 1.00. The van der Waals surface area contributed by atoms with E-state index in [-0.39, 0.29) is 5.82 Å². The molecule has 0 saturated heterocycles. The van der Waals surface area contributed by atoms with E-state index in [0.29, 0.717) is 6.61 Å². The fraction of sp³-hybridized carbons (Fsp3) is 0.273. The van der Waals surface area contributed by atoms with Crippen LogP contribution in [0.3, 0.4) is 0 Å². The molecule has 3 rings (SSSR count). The SMILES string of the molecule is Fc1ccc2[nH]c3c(c2c1)CCOC3. The number of hydrogen-bond donors (Lipinski definition) is 1. The van der Waals surface area contributed by atoms with Crippen LogP contribution in [0.15, 0.2) is 18.2 Å². The lowest BCUT2D eigenvalue weighted by Crippen LogP contribution is -2.08. The van der Waals surface area contributed by atoms with Gasteiger partial charge in [-0.1, -0.05) is 0 Å². The quantitative estimate of drug-likeness (QED) is 0.679. The summed E-state index contributed by atoms with van der Waals surface area (Å²) in [6.45, 7) is 1.35. The minimum absolute atomic E-state index is 0.175. The van der Waals surface area contributed by atoms with Gasteiger partial charge in [-0.3, -0.25) is 0 Å². The lowest BCUT2D eigenvalue weighted by molar-refractivity contribution is 0.109. The minimum Gasteiger partial charge on any atom is -0.375 e. The van der Waals surface area contributed by atoms with Gasteiger partial charge < -0.3 is 9.72 Å². The van der Waals surface area contributed by atoms with Crippen LogP contribution in [0.1, 0.15) is 11.3 Å². The zero-order valence-electron chi connectivity index (χ0n) is 7.64. The van der Waals surface area contributed by atoms with E-state index in [2.05, 4.69) is 4.98 Å². The van der Waals surface area contributed by atoms with Crippen LogP contribution >= 0.6 is 0 Å². The lowest BCUT2D eigenvalue weighted by atomic mass is 10.1. The summed E-state index contributed by atoms with van der Waals surface area (Å²) in [4.78, 5) is 3.25. The van der Waals surface area contributed by atoms with Crippen molar-refractivity contribution in [3.8, 4) is 0 Å². The monoisotopic (exact) mass is 191 g/mol. The average Bonchev–Trinajstić information content (AvgIpc) is 2.56. The van der Waals surface area contributed by atoms with Crippen LogP contribution in [0.25, 0.3) is 10.9 Å². The van der Waals surface area contributed by atoms with Gasteiger partial charge in [0.25, 0.3) is 0 Å². The van der Waals surface area contributed by atoms with Crippen molar-refractivity contribution in [3.63, 3.8) is 0 Å². The summed E-state index contributed by atoms with van der Waals surface area (Å²) in [5.41, 5.74) is 3.31. The van der Waals surface area contributed by atoms with Crippen LogP contribution < -0.4 is 0 Å². The molecule has 3 heteroatoms. The number of rotatable bonds is 0. The van der Waals surface area contributed by atoms with Gasteiger partial charge in [-0.2, -0.15) is 0 Å². The molecule has 72 valence electrons. The predicted octanol–water partition coefficient (Wildman–Crippen LogP) is 2.38. The second kappa shape index (κ2) is 2.82. The van der Waals surface area contributed by atoms with Crippen molar-refractivity contribution in [2.24, 2.45) is 0 Å². The fourth-order valence-electron chi connectivity index (χ4n) is 2.03. The second-order valence-electron chi connectivity index (χ2n) is 3.57. The molecule has 1 aromatic carbocycles. The van der Waals surface area contributed by atoms with E-state index in [9.17, 15) is 4.39 Å². The summed E-state index contributed by atoms with van der Waals surface area (Å²) in [5.74, 6) is -0.175. The van der Waals surface area contributed by atoms with E-state index < -0.39 is 0 Å². The van der Waals surface area contributed by atoms with Gasteiger partial charge in [0.2, 0.25) is 0 Å². The lowest BCUT2D eigenvalue weighted by Gasteiger charge is -2.11. The summed E-state index contributed by atoms with van der Waals surface area (Å²) >= 11 is 0. The largest absolute Gasteiger partial charge is 0.375 e. The maximum absolute atomic E-state index is 13.0. The van der Waals surface area contributed by atoms with Crippen LogP contribution in [0.5, 0.6) is 0 Å². The Bertz CT molecular complexity index is 489. The Balaban J connectivity index is 2.32. The second-order valence-corrected chi connectivity index (χ2v) is 3.57. The van der Waals surface area contributed by atoms with Crippen LogP contribution in [0.2, 0.25) is 0 Å². The molecule has 0 atom stereocenters. The van der Waals surface area contributed by atoms with E-state index in [1.54, 1.807) is 12.1 Å². The Labute approximate surface area is 80.7 Å². The van der Waals surface area contributed by atoms with Gasteiger partial charge in [-0.05, 0) is 30.2 Å². The zero-order chi connectivity index (χ0) is 9.54. The standard InChI is InChI=1S/C11H10FNO/c12-7-1-2-10-9(5-7)8-3-4-14-6-11(8)13-10/h1-2,5,13H,3-4,6H2. The number of benzene rings is 1. The highest BCUT2D eigenvalue weighted by atomic mass is 19.1. The third-order valence-electron chi connectivity index (χ3n) is 2.70. The van der Waals surface area contributed by atoms with Gasteiger partial charge in [0.05, 0.1) is 13.2 Å². The highest BCUT2D eigenvalue weighted by Crippen LogP contribution is 2.26. The number of ether oxygens (including phenoxy) is 1. The van der Waals surface area contributed by atoms with Gasteiger partial charge in [-0.15, -0.1) is 0 Å². The van der Waals surface area contributed by atoms with Gasteiger partial charge in [-0.25, -0.2) is 4.39 Å². The highest BCUT2D eigenvalue weighted by Gasteiger charge is 2.15. The van der Waals surface area contributed by atoms with Crippen molar-refractivity contribution in [2.45, 2.75) is 13.0 Å². The van der Waals surface area contributed by atoms with E-state index in [0.717, 1.165) is 29.6 Å². The third kappa shape index (κ3) is 1.06. The summed E-state index contributed by atoms with van der Waals surface area (Å²) in [6, 6.07) is 4.85. The fourth-order valence-corrected chi connectivity index (χ4v) is 2.03. The van der Waals surface area contributed by atoms with Gasteiger partial charge in [0.15, 0.2) is 0 Å². The molecular formula is C11H10FNO. The molecule has 0 amide bonds. The third-order valence-corrected chi connectivity index (χ3v) is 2.70. The van der Waals surface area contributed by atoms with E-state index in [4.69, 9.17) is 4.74 Å². The first-order valence-electron chi connectivity index (χ1n) is 4.71. The van der Waals surface area contributed by atoms with Crippen LogP contribution in [-0.2, 0) is 17.8 Å². The van der Waals surface area contributed by atoms with E-state index in [1.807, 2.05) is 0 Å². The highest BCUT2D eigenvalue weighted by molar-refractivity contribution is 5.84. The summed E-state index contributed by atoms with van der Waals surface area (Å²) in [7, 11) is 0. The average molecular weight is 191 g/mol. The molecule has 14 heavy (non-hydrogen) atoms. The summed E-state index contributed by atoms with van der Waals surface area (Å²) in [6.07, 6.45) is 0.874. The van der Waals surface area contributed by atoms with Crippen molar-refractivity contribution in [3.05, 3.63) is 35.3 Å². The van der Waals surface area contributed by atoms with Crippen molar-refractivity contribution in [1.82, 2.24) is 4.98 Å². The molecule has 2 aromatic rings. The van der Waals surface area contributed by atoms with Crippen LogP contribution in [-0.4, -0.2) is 11.6 Å². The first-order valence-corrected chi connectivity index (χ1v) is 4.71. The normalized spacial score (nSPS) is 15.8. The molecule has 0 bridgehead atoms. The smallest absolute Gasteiger partial charge is 0.123 e. The molecule has 0 saturated carbocycles. The van der Waals surface area contributed by atoms with Crippen LogP contribution in [0.4, 0.5) is 4.39 Å². The maximum atomic E-state index is 13.0. The topological polar surface area (TPSA) is 25.0 Å². The molecule has 0 unspecified atom stereocenters. The number of fused-ring (bicyclic) bond motifs is 3. The van der Waals surface area contributed by atoms with Gasteiger partial charge in [0.1, 0.15) is 5.82 Å². The Morgan fingerprint density at radius 2 is 2.29 bits per heavy atom. The van der Waals surface area contributed by atoms with Crippen molar-refractivity contribution in [1.29, 1.82) is 0 Å². The Kier molecular flexibility index (Phi) is 1.61. The first-order chi connectivity index (χ1) is 6.84. The number of nitrogens with one attached hydrogen (secondary N) is 1. The molecule has 0 aliphatic carbocycles. The molecule has 2 nitrogen and oxygen atoms in total. The Morgan fingerprint density at radius 1 is 1.36 bits per heavy atom. The molecule has 0 spiro atoms. The number of aromatic nitrogens is 1. The molecular weight excluding hydrogens is 181 g/mol. The predicted molar refractivity (Wildman–Crippen MR) is 51.6 cm³/mol. The number of aromatic amines is 1.